The highest BCUT2D eigenvalue weighted by atomic mass is 35.5. The smallest absolute Gasteiger partial charge is 0.253 e. The number of halogens is 1. The van der Waals surface area contributed by atoms with Gasteiger partial charge in [-0.1, -0.05) is 11.6 Å². The molecule has 2 aliphatic heterocycles. The van der Waals surface area contributed by atoms with Gasteiger partial charge in [-0.25, -0.2) is 4.98 Å². The number of amides is 1. The van der Waals surface area contributed by atoms with E-state index in [1.807, 2.05) is 23.1 Å². The predicted molar refractivity (Wildman–Crippen MR) is 117 cm³/mol. The van der Waals surface area contributed by atoms with Gasteiger partial charge in [0.2, 0.25) is 6.79 Å². The number of hydrogen-bond donors (Lipinski definition) is 0. The average molecular weight is 435 g/mol. The minimum absolute atomic E-state index is 0.0156. The highest BCUT2D eigenvalue weighted by Gasteiger charge is 2.24. The number of nitrogens with zero attached hydrogens (tertiary/aromatic N) is 4. The first-order valence-electron chi connectivity index (χ1n) is 10.1. The Labute approximate surface area is 184 Å². The van der Waals surface area contributed by atoms with Crippen molar-refractivity contribution in [2.24, 2.45) is 0 Å². The Balaban J connectivity index is 1.40. The Morgan fingerprint density at radius 3 is 2.58 bits per heavy atom. The van der Waals surface area contributed by atoms with Gasteiger partial charge >= 0.3 is 0 Å². The summed E-state index contributed by atoms with van der Waals surface area (Å²) < 4.78 is 10.9. The van der Waals surface area contributed by atoms with Crippen LogP contribution < -0.4 is 14.4 Å². The molecule has 0 atom stereocenters. The fourth-order valence-electron chi connectivity index (χ4n) is 3.98. The summed E-state index contributed by atoms with van der Waals surface area (Å²) in [7, 11) is 0. The molecule has 156 valence electrons. The van der Waals surface area contributed by atoms with Crippen molar-refractivity contribution in [3.63, 3.8) is 0 Å². The Morgan fingerprint density at radius 2 is 1.81 bits per heavy atom. The first kappa shape index (κ1) is 19.5. The normalized spacial score (nSPS) is 15.6. The van der Waals surface area contributed by atoms with Crippen LogP contribution in [0.15, 0.2) is 42.5 Å². The lowest BCUT2D eigenvalue weighted by atomic mass is 10.1. The fourth-order valence-corrected chi connectivity index (χ4v) is 4.11. The van der Waals surface area contributed by atoms with E-state index in [-0.39, 0.29) is 12.7 Å². The van der Waals surface area contributed by atoms with E-state index in [0.29, 0.717) is 59.6 Å². The number of carbonyl (C=O) groups is 1. The van der Waals surface area contributed by atoms with Crippen molar-refractivity contribution in [3.05, 3.63) is 58.6 Å². The quantitative estimate of drug-likeness (QED) is 0.609. The van der Waals surface area contributed by atoms with Crippen molar-refractivity contribution in [2.75, 3.05) is 37.9 Å². The minimum atomic E-state index is -0.0156. The van der Waals surface area contributed by atoms with Gasteiger partial charge in [-0.05, 0) is 42.8 Å². The van der Waals surface area contributed by atoms with E-state index in [1.165, 1.54) is 0 Å². The molecule has 0 N–H and O–H groups in total. The number of ether oxygens (including phenoxy) is 2. The number of rotatable bonds is 2. The van der Waals surface area contributed by atoms with Crippen molar-refractivity contribution in [2.45, 2.75) is 6.42 Å². The van der Waals surface area contributed by atoms with Crippen LogP contribution in [0.1, 0.15) is 22.3 Å². The summed E-state index contributed by atoms with van der Waals surface area (Å²) in [6.07, 6.45) is 0.783. The average Bonchev–Trinajstić information content (AvgIpc) is 3.10. The van der Waals surface area contributed by atoms with Crippen LogP contribution in [-0.2, 0) is 0 Å². The van der Waals surface area contributed by atoms with Crippen LogP contribution in [0.2, 0.25) is 5.02 Å². The predicted octanol–water partition coefficient (Wildman–Crippen LogP) is 3.84. The van der Waals surface area contributed by atoms with Crippen molar-refractivity contribution in [1.82, 2.24) is 9.88 Å². The maximum atomic E-state index is 12.9. The van der Waals surface area contributed by atoms with Crippen molar-refractivity contribution in [1.29, 1.82) is 5.26 Å². The molecule has 1 saturated heterocycles. The van der Waals surface area contributed by atoms with Crippen LogP contribution in [-0.4, -0.2) is 48.8 Å². The highest BCUT2D eigenvalue weighted by molar-refractivity contribution is 6.30. The van der Waals surface area contributed by atoms with E-state index < -0.39 is 0 Å². The number of carbonyl (C=O) groups excluding carboxylic acids is 1. The molecule has 3 heterocycles. The van der Waals surface area contributed by atoms with Gasteiger partial charge in [-0.2, -0.15) is 5.26 Å². The third-order valence-corrected chi connectivity index (χ3v) is 5.84. The monoisotopic (exact) mass is 434 g/mol. The number of nitriles is 1. The first-order valence-corrected chi connectivity index (χ1v) is 10.4. The topological polar surface area (TPSA) is 78.7 Å². The molecule has 0 bridgehead atoms. The van der Waals surface area contributed by atoms with Gasteiger partial charge in [0.1, 0.15) is 11.9 Å². The summed E-state index contributed by atoms with van der Waals surface area (Å²) in [6, 6.07) is 14.7. The summed E-state index contributed by atoms with van der Waals surface area (Å²) in [4.78, 5) is 21.6. The molecule has 7 nitrogen and oxygen atoms in total. The second-order valence-corrected chi connectivity index (χ2v) is 7.95. The van der Waals surface area contributed by atoms with Gasteiger partial charge in [0.25, 0.3) is 5.91 Å². The third kappa shape index (κ3) is 3.71. The van der Waals surface area contributed by atoms with Gasteiger partial charge in [-0.15, -0.1) is 0 Å². The van der Waals surface area contributed by atoms with Crippen LogP contribution in [0.5, 0.6) is 11.5 Å². The van der Waals surface area contributed by atoms with Gasteiger partial charge in [0.15, 0.2) is 11.5 Å². The molecule has 0 unspecified atom stereocenters. The van der Waals surface area contributed by atoms with E-state index in [9.17, 15) is 10.1 Å². The van der Waals surface area contributed by atoms with E-state index in [4.69, 9.17) is 26.1 Å². The zero-order valence-electron chi connectivity index (χ0n) is 16.7. The zero-order valence-corrected chi connectivity index (χ0v) is 17.4. The van der Waals surface area contributed by atoms with Crippen LogP contribution in [0, 0.1) is 11.3 Å². The third-order valence-electron chi connectivity index (χ3n) is 5.58. The second kappa shape index (κ2) is 7.97. The largest absolute Gasteiger partial charge is 0.454 e. The fraction of sp³-hybridized carbons (Fsp3) is 0.261. The lowest BCUT2D eigenvalue weighted by Crippen LogP contribution is -2.35. The molecule has 8 heteroatoms. The summed E-state index contributed by atoms with van der Waals surface area (Å²) >= 11 is 5.94. The molecule has 5 rings (SSSR count). The van der Waals surface area contributed by atoms with Crippen LogP contribution >= 0.6 is 11.6 Å². The molecule has 31 heavy (non-hydrogen) atoms. The van der Waals surface area contributed by atoms with E-state index >= 15 is 0 Å². The van der Waals surface area contributed by atoms with Crippen molar-refractivity contribution < 1.29 is 14.3 Å². The zero-order chi connectivity index (χ0) is 21.4. The maximum absolute atomic E-state index is 12.9. The number of hydrogen-bond acceptors (Lipinski definition) is 6. The number of pyridine rings is 1. The van der Waals surface area contributed by atoms with Gasteiger partial charge in [0.05, 0.1) is 11.1 Å². The molecule has 1 amide bonds. The number of fused-ring (bicyclic) bond motifs is 2. The lowest BCUT2D eigenvalue weighted by molar-refractivity contribution is 0.0767. The Kier molecular flexibility index (Phi) is 5.00. The van der Waals surface area contributed by atoms with Crippen molar-refractivity contribution >= 4 is 34.2 Å². The Bertz CT molecular complexity index is 1210. The molecule has 2 aromatic carbocycles. The van der Waals surface area contributed by atoms with Gasteiger partial charge < -0.3 is 19.3 Å². The molecule has 0 radical (unpaired) electrons. The van der Waals surface area contributed by atoms with Gasteiger partial charge in [-0.3, -0.25) is 4.79 Å². The minimum Gasteiger partial charge on any atom is -0.454 e. The number of anilines is 1. The van der Waals surface area contributed by atoms with E-state index in [1.54, 1.807) is 24.3 Å². The molecule has 0 aliphatic carbocycles. The maximum Gasteiger partial charge on any atom is 0.253 e. The second-order valence-electron chi connectivity index (χ2n) is 7.51. The molecule has 3 aromatic rings. The molecular formula is C23H19ClN4O3. The number of benzene rings is 2. The summed E-state index contributed by atoms with van der Waals surface area (Å²) in [5.74, 6) is 1.94. The molecule has 1 fully saturated rings. The molecule has 1 aromatic heterocycles. The van der Waals surface area contributed by atoms with E-state index in [2.05, 4.69) is 11.0 Å². The van der Waals surface area contributed by atoms with Crippen LogP contribution in [0.3, 0.4) is 0 Å². The van der Waals surface area contributed by atoms with Crippen molar-refractivity contribution in [3.8, 4) is 17.6 Å². The number of aromatic nitrogens is 1. The molecule has 0 saturated carbocycles. The summed E-state index contributed by atoms with van der Waals surface area (Å²) in [5.41, 5.74) is 1.87. The summed E-state index contributed by atoms with van der Waals surface area (Å²) in [5, 5.41) is 11.2. The lowest BCUT2D eigenvalue weighted by Gasteiger charge is -2.24. The summed E-state index contributed by atoms with van der Waals surface area (Å²) in [6.45, 7) is 2.69. The van der Waals surface area contributed by atoms with Crippen LogP contribution in [0.4, 0.5) is 5.82 Å². The molecular weight excluding hydrogens is 416 g/mol. The van der Waals surface area contributed by atoms with Crippen LogP contribution in [0.25, 0.3) is 10.9 Å². The first-order chi connectivity index (χ1) is 15.1. The molecule has 0 spiro atoms. The van der Waals surface area contributed by atoms with Gasteiger partial charge in [0, 0.05) is 48.2 Å². The Morgan fingerprint density at radius 1 is 1.03 bits per heavy atom. The SMILES string of the molecule is N#Cc1cc2cc3c(cc2nc1N1CCCN(C(=O)c2ccc(Cl)cc2)CC1)OCO3. The standard InChI is InChI=1S/C23H19ClN4O3/c24-18-4-2-15(3-5-18)23(29)28-7-1-6-27(8-9-28)22-17(13-25)10-16-11-20-21(31-14-30-20)12-19(16)26-22/h2-5,10-12H,1,6-9,14H2. The highest BCUT2D eigenvalue weighted by Crippen LogP contribution is 2.37. The molecule has 2 aliphatic rings. The van der Waals surface area contributed by atoms with E-state index in [0.717, 1.165) is 17.3 Å². The Hall–Kier alpha value is -3.50.